The molecular formula is C15H25NO4. The number of nitrogens with one attached hydrogen (secondary N) is 1. The van der Waals surface area contributed by atoms with Crippen molar-refractivity contribution in [3.63, 3.8) is 0 Å². The maximum Gasteiger partial charge on any atom is 0.311 e. The summed E-state index contributed by atoms with van der Waals surface area (Å²) in [7, 11) is 0. The Hall–Kier alpha value is -1.10. The first-order valence-corrected chi connectivity index (χ1v) is 7.58. The van der Waals surface area contributed by atoms with Crippen LogP contribution >= 0.6 is 0 Å². The lowest BCUT2D eigenvalue weighted by Crippen LogP contribution is -2.50. The zero-order chi connectivity index (χ0) is 14.6. The molecule has 1 saturated heterocycles. The molecule has 2 N–H and O–H groups in total. The molecule has 0 atom stereocenters. The Labute approximate surface area is 120 Å². The van der Waals surface area contributed by atoms with E-state index >= 15 is 0 Å². The highest BCUT2D eigenvalue weighted by molar-refractivity contribution is 5.83. The molecule has 5 nitrogen and oxygen atoms in total. The highest BCUT2D eigenvalue weighted by Gasteiger charge is 2.42. The number of carbonyl (C=O) groups excluding carboxylic acids is 1. The molecule has 5 heteroatoms. The summed E-state index contributed by atoms with van der Waals surface area (Å²) < 4.78 is 5.24. The van der Waals surface area contributed by atoms with E-state index in [1.165, 1.54) is 6.42 Å². The van der Waals surface area contributed by atoms with Gasteiger partial charge in [-0.1, -0.05) is 26.2 Å². The first-order chi connectivity index (χ1) is 9.49. The van der Waals surface area contributed by atoms with E-state index in [2.05, 4.69) is 5.32 Å². The lowest BCUT2D eigenvalue weighted by Gasteiger charge is -2.36. The molecule has 1 aliphatic heterocycles. The number of ether oxygens (including phenoxy) is 1. The van der Waals surface area contributed by atoms with Crippen molar-refractivity contribution in [2.45, 2.75) is 51.9 Å². The van der Waals surface area contributed by atoms with E-state index in [9.17, 15) is 14.7 Å². The van der Waals surface area contributed by atoms with Gasteiger partial charge in [-0.15, -0.1) is 0 Å². The van der Waals surface area contributed by atoms with E-state index in [0.717, 1.165) is 25.7 Å². The third kappa shape index (κ3) is 3.14. The Morgan fingerprint density at radius 1 is 1.10 bits per heavy atom. The van der Waals surface area contributed by atoms with E-state index in [4.69, 9.17) is 4.74 Å². The Bertz CT molecular complexity index is 368. The molecule has 114 valence electrons. The van der Waals surface area contributed by atoms with E-state index < -0.39 is 11.4 Å². The Balaban J connectivity index is 1.95. The lowest BCUT2D eigenvalue weighted by atomic mass is 9.74. The normalized spacial score (nSPS) is 24.9. The van der Waals surface area contributed by atoms with Gasteiger partial charge in [0, 0.05) is 25.2 Å². The van der Waals surface area contributed by atoms with Crippen molar-refractivity contribution in [1.82, 2.24) is 5.32 Å². The Morgan fingerprint density at radius 2 is 1.70 bits per heavy atom. The molecule has 0 aromatic rings. The van der Waals surface area contributed by atoms with Crippen molar-refractivity contribution in [2.75, 3.05) is 19.8 Å². The highest BCUT2D eigenvalue weighted by atomic mass is 16.5. The van der Waals surface area contributed by atoms with Crippen LogP contribution in [0.5, 0.6) is 0 Å². The van der Waals surface area contributed by atoms with Gasteiger partial charge in [0.15, 0.2) is 0 Å². The molecule has 2 aliphatic rings. The van der Waals surface area contributed by atoms with Crippen molar-refractivity contribution >= 4 is 11.9 Å². The number of carbonyl (C=O) groups is 2. The van der Waals surface area contributed by atoms with Gasteiger partial charge in [-0.05, 0) is 25.7 Å². The van der Waals surface area contributed by atoms with Gasteiger partial charge in [0.25, 0.3) is 0 Å². The van der Waals surface area contributed by atoms with Gasteiger partial charge in [-0.3, -0.25) is 9.59 Å². The van der Waals surface area contributed by atoms with E-state index in [1.54, 1.807) is 0 Å². The predicted octanol–water partition coefficient (Wildman–Crippen LogP) is 1.95. The zero-order valence-corrected chi connectivity index (χ0v) is 12.2. The third-order valence-electron chi connectivity index (χ3n) is 5.00. The van der Waals surface area contributed by atoms with Crippen LogP contribution in [0.2, 0.25) is 0 Å². The number of carboxylic acids is 1. The van der Waals surface area contributed by atoms with Crippen LogP contribution in [0.25, 0.3) is 0 Å². The van der Waals surface area contributed by atoms with Crippen LogP contribution in [0.4, 0.5) is 0 Å². The quantitative estimate of drug-likeness (QED) is 0.827. The number of aliphatic carboxylic acids is 1. The summed E-state index contributed by atoms with van der Waals surface area (Å²) in [5, 5.41) is 12.4. The van der Waals surface area contributed by atoms with Gasteiger partial charge >= 0.3 is 5.97 Å². The monoisotopic (exact) mass is 283 g/mol. The molecule has 2 fully saturated rings. The molecule has 20 heavy (non-hydrogen) atoms. The smallest absolute Gasteiger partial charge is 0.311 e. The molecule has 0 spiro atoms. The van der Waals surface area contributed by atoms with Gasteiger partial charge in [0.05, 0.1) is 5.41 Å². The van der Waals surface area contributed by atoms with Gasteiger partial charge < -0.3 is 15.2 Å². The minimum atomic E-state index is -0.848. The van der Waals surface area contributed by atoms with Crippen LogP contribution in [-0.2, 0) is 14.3 Å². The average molecular weight is 283 g/mol. The summed E-state index contributed by atoms with van der Waals surface area (Å²) in [5.74, 6) is -0.806. The maximum atomic E-state index is 12.4. The van der Waals surface area contributed by atoms with E-state index in [-0.39, 0.29) is 17.9 Å². The highest BCUT2D eigenvalue weighted by Crippen LogP contribution is 2.36. The maximum absolute atomic E-state index is 12.4. The van der Waals surface area contributed by atoms with Gasteiger partial charge in [-0.2, -0.15) is 0 Å². The summed E-state index contributed by atoms with van der Waals surface area (Å²) in [6, 6.07) is 0. The predicted molar refractivity (Wildman–Crippen MR) is 74.3 cm³/mol. The number of carboxylic acid groups (broad SMARTS) is 1. The summed E-state index contributed by atoms with van der Waals surface area (Å²) in [4.78, 5) is 23.9. The largest absolute Gasteiger partial charge is 0.481 e. The number of amides is 1. The molecule has 2 rings (SSSR count). The first kappa shape index (κ1) is 15.3. The van der Waals surface area contributed by atoms with E-state index in [0.29, 0.717) is 26.1 Å². The number of hydrogen-bond acceptors (Lipinski definition) is 3. The molecular weight excluding hydrogens is 258 g/mol. The summed E-state index contributed by atoms with van der Waals surface area (Å²) in [5.41, 5.74) is -1.16. The number of hydrogen-bond donors (Lipinski definition) is 2. The number of rotatable bonds is 4. The fraction of sp³-hybridized carbons (Fsp3) is 0.867. The standard InChI is InChI=1S/C15H25NO4/c1-14(5-3-2-4-6-14)12(17)16-11-15(13(18)19)7-9-20-10-8-15/h2-11H2,1H3,(H,16,17)(H,18,19). The second-order valence-electron chi connectivity index (χ2n) is 6.50. The van der Waals surface area contributed by atoms with Crippen LogP contribution in [0.15, 0.2) is 0 Å². The molecule has 0 aromatic carbocycles. The van der Waals surface area contributed by atoms with Crippen molar-refractivity contribution < 1.29 is 19.4 Å². The molecule has 1 saturated carbocycles. The average Bonchev–Trinajstić information content (AvgIpc) is 2.46. The molecule has 1 amide bonds. The molecule has 0 unspecified atom stereocenters. The first-order valence-electron chi connectivity index (χ1n) is 7.58. The Kier molecular flexibility index (Phi) is 4.68. The minimum absolute atomic E-state index is 0.0179. The van der Waals surface area contributed by atoms with Crippen LogP contribution in [-0.4, -0.2) is 36.7 Å². The molecule has 0 bridgehead atoms. The molecule has 0 aromatic heterocycles. The molecule has 1 aliphatic carbocycles. The SMILES string of the molecule is CC1(C(=O)NCC2(C(=O)O)CCOCC2)CCCCC1. The van der Waals surface area contributed by atoms with Crippen molar-refractivity contribution in [3.05, 3.63) is 0 Å². The summed E-state index contributed by atoms with van der Waals surface area (Å²) in [6.07, 6.45) is 6.12. The summed E-state index contributed by atoms with van der Waals surface area (Å²) >= 11 is 0. The fourth-order valence-corrected chi connectivity index (χ4v) is 3.25. The van der Waals surface area contributed by atoms with Crippen LogP contribution in [0, 0.1) is 10.8 Å². The van der Waals surface area contributed by atoms with Crippen molar-refractivity contribution in [2.24, 2.45) is 10.8 Å². The second kappa shape index (κ2) is 6.12. The minimum Gasteiger partial charge on any atom is -0.481 e. The lowest BCUT2D eigenvalue weighted by molar-refractivity contribution is -0.155. The van der Waals surface area contributed by atoms with E-state index in [1.807, 2.05) is 6.92 Å². The van der Waals surface area contributed by atoms with Gasteiger partial charge in [0.2, 0.25) is 5.91 Å². The van der Waals surface area contributed by atoms with Crippen LogP contribution in [0.3, 0.4) is 0 Å². The van der Waals surface area contributed by atoms with Crippen molar-refractivity contribution in [1.29, 1.82) is 0 Å². The van der Waals surface area contributed by atoms with Crippen molar-refractivity contribution in [3.8, 4) is 0 Å². The molecule has 0 radical (unpaired) electrons. The zero-order valence-electron chi connectivity index (χ0n) is 12.2. The van der Waals surface area contributed by atoms with Gasteiger partial charge in [-0.25, -0.2) is 0 Å². The Morgan fingerprint density at radius 3 is 2.25 bits per heavy atom. The fourth-order valence-electron chi connectivity index (χ4n) is 3.25. The topological polar surface area (TPSA) is 75.6 Å². The molecule has 1 heterocycles. The summed E-state index contributed by atoms with van der Waals surface area (Å²) in [6.45, 7) is 3.14. The van der Waals surface area contributed by atoms with Crippen LogP contribution in [0.1, 0.15) is 51.9 Å². The van der Waals surface area contributed by atoms with Gasteiger partial charge in [0.1, 0.15) is 0 Å². The second-order valence-corrected chi connectivity index (χ2v) is 6.50. The van der Waals surface area contributed by atoms with Crippen LogP contribution < -0.4 is 5.32 Å². The third-order valence-corrected chi connectivity index (χ3v) is 5.00.